The number of imidazole rings is 1. The van der Waals surface area contributed by atoms with Gasteiger partial charge in [-0.15, -0.1) is 0 Å². The molecular formula is C20H30N6O9. The van der Waals surface area contributed by atoms with E-state index in [0.717, 1.165) is 0 Å². The van der Waals surface area contributed by atoms with Crippen LogP contribution in [0.5, 0.6) is 0 Å². The number of carboxylic acids is 3. The highest BCUT2D eigenvalue weighted by atomic mass is 16.4. The smallest absolute Gasteiger partial charge is 0.326 e. The van der Waals surface area contributed by atoms with Gasteiger partial charge in [-0.2, -0.15) is 0 Å². The van der Waals surface area contributed by atoms with Crippen molar-refractivity contribution in [1.29, 1.82) is 0 Å². The summed E-state index contributed by atoms with van der Waals surface area (Å²) < 4.78 is 0. The first-order valence-corrected chi connectivity index (χ1v) is 10.6. The highest BCUT2D eigenvalue weighted by molar-refractivity contribution is 5.96. The molecule has 1 aromatic heterocycles. The van der Waals surface area contributed by atoms with Crippen LogP contribution in [0.4, 0.5) is 0 Å². The van der Waals surface area contributed by atoms with Crippen molar-refractivity contribution < 1.29 is 44.1 Å². The summed E-state index contributed by atoms with van der Waals surface area (Å²) in [5.74, 6) is -7.19. The zero-order chi connectivity index (χ0) is 26.7. The number of aromatic nitrogens is 2. The van der Waals surface area contributed by atoms with Crippen LogP contribution >= 0.6 is 0 Å². The number of nitrogens with zero attached hydrogens (tertiary/aromatic N) is 1. The highest BCUT2D eigenvalue weighted by Crippen LogP contribution is 2.07. The summed E-state index contributed by atoms with van der Waals surface area (Å²) in [5, 5.41) is 34.0. The van der Waals surface area contributed by atoms with Crippen molar-refractivity contribution in [2.75, 3.05) is 0 Å². The number of carbonyl (C=O) groups is 6. The molecule has 0 radical (unpaired) electrons. The second-order valence-electron chi connectivity index (χ2n) is 8.23. The fourth-order valence-corrected chi connectivity index (χ4v) is 3.01. The van der Waals surface area contributed by atoms with E-state index in [1.54, 1.807) is 13.8 Å². The molecule has 0 aromatic carbocycles. The first-order chi connectivity index (χ1) is 16.3. The average Bonchev–Trinajstić information content (AvgIpc) is 3.24. The fourth-order valence-electron chi connectivity index (χ4n) is 3.01. The third-order valence-corrected chi connectivity index (χ3v) is 4.68. The number of carboxylic acid groups (broad SMARTS) is 3. The van der Waals surface area contributed by atoms with Crippen LogP contribution in [0.15, 0.2) is 12.5 Å². The molecule has 0 aliphatic rings. The molecule has 1 aromatic rings. The van der Waals surface area contributed by atoms with Crippen LogP contribution in [-0.4, -0.2) is 85.1 Å². The van der Waals surface area contributed by atoms with E-state index in [9.17, 15) is 33.9 Å². The Morgan fingerprint density at radius 1 is 0.886 bits per heavy atom. The molecule has 15 heteroatoms. The number of nitrogens with two attached hydrogens (primary N) is 1. The number of aromatic amines is 1. The topological polar surface area (TPSA) is 254 Å². The van der Waals surface area contributed by atoms with Gasteiger partial charge in [-0.25, -0.2) is 9.78 Å². The van der Waals surface area contributed by atoms with Crippen LogP contribution in [0.1, 0.15) is 38.8 Å². The summed E-state index contributed by atoms with van der Waals surface area (Å²) in [7, 11) is 0. The average molecular weight is 498 g/mol. The van der Waals surface area contributed by atoms with Gasteiger partial charge in [0.15, 0.2) is 0 Å². The number of carbonyl (C=O) groups excluding carboxylic acids is 3. The van der Waals surface area contributed by atoms with Crippen LogP contribution in [0, 0.1) is 5.92 Å². The normalized spacial score (nSPS) is 14.3. The Morgan fingerprint density at radius 3 is 1.91 bits per heavy atom. The second kappa shape index (κ2) is 13.6. The zero-order valence-corrected chi connectivity index (χ0v) is 19.2. The minimum absolute atomic E-state index is 0.0674. The number of hydrogen-bond acceptors (Lipinski definition) is 8. The molecule has 0 spiro atoms. The van der Waals surface area contributed by atoms with Gasteiger partial charge < -0.3 is 42.0 Å². The summed E-state index contributed by atoms with van der Waals surface area (Å²) >= 11 is 0. The summed E-state index contributed by atoms with van der Waals surface area (Å²) in [5.41, 5.74) is 5.86. The van der Waals surface area contributed by atoms with Gasteiger partial charge in [0.1, 0.15) is 18.1 Å². The van der Waals surface area contributed by atoms with E-state index in [0.29, 0.717) is 5.69 Å². The Kier molecular flexibility index (Phi) is 11.3. The predicted molar refractivity (Wildman–Crippen MR) is 118 cm³/mol. The number of hydrogen-bond donors (Lipinski definition) is 8. The molecule has 0 saturated carbocycles. The summed E-state index contributed by atoms with van der Waals surface area (Å²) in [6.07, 6.45) is 1.01. The second-order valence-corrected chi connectivity index (χ2v) is 8.23. The zero-order valence-electron chi connectivity index (χ0n) is 19.2. The first-order valence-electron chi connectivity index (χ1n) is 10.6. The summed E-state index contributed by atoms with van der Waals surface area (Å²) in [6, 6.07) is -5.85. The first kappa shape index (κ1) is 29.0. The molecule has 1 rings (SSSR count). The van der Waals surface area contributed by atoms with E-state index >= 15 is 0 Å². The summed E-state index contributed by atoms with van der Waals surface area (Å²) in [4.78, 5) is 77.9. The Labute approximate surface area is 199 Å². The van der Waals surface area contributed by atoms with Crippen molar-refractivity contribution in [1.82, 2.24) is 25.9 Å². The molecule has 35 heavy (non-hydrogen) atoms. The van der Waals surface area contributed by atoms with Crippen molar-refractivity contribution in [3.63, 3.8) is 0 Å². The van der Waals surface area contributed by atoms with Crippen molar-refractivity contribution in [2.24, 2.45) is 11.7 Å². The van der Waals surface area contributed by atoms with E-state index in [4.69, 9.17) is 15.9 Å². The van der Waals surface area contributed by atoms with Crippen molar-refractivity contribution in [2.45, 2.75) is 63.7 Å². The van der Waals surface area contributed by atoms with Crippen LogP contribution in [0.25, 0.3) is 0 Å². The third-order valence-electron chi connectivity index (χ3n) is 4.68. The molecule has 1 heterocycles. The van der Waals surface area contributed by atoms with Crippen molar-refractivity contribution in [3.05, 3.63) is 18.2 Å². The molecule has 4 unspecified atom stereocenters. The maximum Gasteiger partial charge on any atom is 0.326 e. The van der Waals surface area contributed by atoms with Gasteiger partial charge in [-0.05, 0) is 12.3 Å². The molecule has 0 aliphatic carbocycles. The quantitative estimate of drug-likeness (QED) is 0.129. The van der Waals surface area contributed by atoms with Crippen molar-refractivity contribution in [3.8, 4) is 0 Å². The molecule has 194 valence electrons. The van der Waals surface area contributed by atoms with Gasteiger partial charge >= 0.3 is 17.9 Å². The molecule has 9 N–H and O–H groups in total. The lowest BCUT2D eigenvalue weighted by Crippen LogP contribution is -2.58. The Morgan fingerprint density at radius 2 is 1.43 bits per heavy atom. The monoisotopic (exact) mass is 498 g/mol. The van der Waals surface area contributed by atoms with Gasteiger partial charge in [0, 0.05) is 18.3 Å². The molecule has 0 bridgehead atoms. The lowest BCUT2D eigenvalue weighted by molar-refractivity contribution is -0.143. The van der Waals surface area contributed by atoms with E-state index in [1.165, 1.54) is 12.5 Å². The number of amides is 3. The van der Waals surface area contributed by atoms with E-state index in [-0.39, 0.29) is 18.8 Å². The highest BCUT2D eigenvalue weighted by Gasteiger charge is 2.32. The van der Waals surface area contributed by atoms with Crippen molar-refractivity contribution >= 4 is 35.6 Å². The molecule has 15 nitrogen and oxygen atoms in total. The Balaban J connectivity index is 3.08. The standard InChI is InChI=1S/C20H30N6O9/c1-9(2)3-14(20(34)35)26-18(32)12(4-10-7-22-8-23-10)25-19(33)13(6-16(29)30)24-17(31)11(21)5-15(27)28/h7-9,11-14H,3-6,21H2,1-2H3,(H,22,23)(H,24,31)(H,25,33)(H,26,32)(H,27,28)(H,29,30)(H,34,35). The number of nitrogens with one attached hydrogen (secondary N) is 4. The Hall–Kier alpha value is -4.01. The molecule has 0 fully saturated rings. The van der Waals surface area contributed by atoms with Gasteiger partial charge in [-0.1, -0.05) is 13.8 Å². The lowest BCUT2D eigenvalue weighted by atomic mass is 10.0. The molecule has 3 amide bonds. The number of rotatable bonds is 15. The van der Waals surface area contributed by atoms with Gasteiger partial charge in [0.05, 0.1) is 25.2 Å². The predicted octanol–water partition coefficient (Wildman–Crippen LogP) is -2.19. The summed E-state index contributed by atoms with van der Waals surface area (Å²) in [6.45, 7) is 3.53. The molecule has 0 aliphatic heterocycles. The van der Waals surface area contributed by atoms with Crippen LogP contribution < -0.4 is 21.7 Å². The maximum absolute atomic E-state index is 12.9. The Bertz CT molecular complexity index is 918. The minimum Gasteiger partial charge on any atom is -0.481 e. The fraction of sp³-hybridized carbons (Fsp3) is 0.550. The molecule has 4 atom stereocenters. The maximum atomic E-state index is 12.9. The lowest BCUT2D eigenvalue weighted by Gasteiger charge is -2.24. The van der Waals surface area contributed by atoms with Gasteiger partial charge in [0.2, 0.25) is 17.7 Å². The van der Waals surface area contributed by atoms with E-state index < -0.39 is 72.6 Å². The van der Waals surface area contributed by atoms with Gasteiger partial charge in [-0.3, -0.25) is 24.0 Å². The molecular weight excluding hydrogens is 468 g/mol. The molecule has 0 saturated heterocycles. The number of aliphatic carboxylic acids is 3. The van der Waals surface area contributed by atoms with E-state index in [1.807, 2.05) is 0 Å². The van der Waals surface area contributed by atoms with Crippen LogP contribution in [0.2, 0.25) is 0 Å². The van der Waals surface area contributed by atoms with Crippen LogP contribution in [0.3, 0.4) is 0 Å². The van der Waals surface area contributed by atoms with Gasteiger partial charge in [0.25, 0.3) is 0 Å². The van der Waals surface area contributed by atoms with E-state index in [2.05, 4.69) is 25.9 Å². The minimum atomic E-state index is -1.69. The third kappa shape index (κ3) is 10.6. The SMILES string of the molecule is CC(C)CC(NC(=O)C(Cc1cnc[nH]1)NC(=O)C(CC(=O)O)NC(=O)C(N)CC(=O)O)C(=O)O. The van der Waals surface area contributed by atoms with Crippen LogP contribution in [-0.2, 0) is 35.2 Å². The largest absolute Gasteiger partial charge is 0.481 e. The number of H-pyrrole nitrogens is 1.